The van der Waals surface area contributed by atoms with Gasteiger partial charge >= 0.3 is 0 Å². The van der Waals surface area contributed by atoms with Crippen LogP contribution in [0, 0.1) is 0 Å². The first-order valence-corrected chi connectivity index (χ1v) is 8.63. The lowest BCUT2D eigenvalue weighted by Gasteiger charge is -2.14. The molecule has 0 spiro atoms. The Kier molecular flexibility index (Phi) is 2.40. The maximum Gasteiger partial charge on any atom is 0.295 e. The van der Waals surface area contributed by atoms with E-state index in [9.17, 15) is 13.0 Å². The van der Waals surface area contributed by atoms with Crippen molar-refractivity contribution in [3.8, 4) is 0 Å². The Hall–Kier alpha value is -0.870. The summed E-state index contributed by atoms with van der Waals surface area (Å²) in [6, 6.07) is 4.12. The van der Waals surface area contributed by atoms with Crippen molar-refractivity contribution in [2.45, 2.75) is 61.2 Å². The minimum atomic E-state index is -4.10. The van der Waals surface area contributed by atoms with Gasteiger partial charge in [-0.2, -0.15) is 8.42 Å². The van der Waals surface area contributed by atoms with Gasteiger partial charge in [-0.3, -0.25) is 4.55 Å². The zero-order valence-electron chi connectivity index (χ0n) is 10.8. The summed E-state index contributed by atoms with van der Waals surface area (Å²) < 4.78 is 33.2. The molecule has 0 radical (unpaired) electrons. The fraction of sp³-hybridized carbons (Fsp3) is 0.600. The Balaban J connectivity index is 1.94. The highest BCUT2D eigenvalue weighted by atomic mass is 32.2. The molecule has 0 aliphatic heterocycles. The van der Waals surface area contributed by atoms with Gasteiger partial charge in [-0.1, -0.05) is 12.1 Å². The molecule has 1 aromatic carbocycles. The van der Waals surface area contributed by atoms with Crippen molar-refractivity contribution < 1.29 is 13.0 Å². The first kappa shape index (κ1) is 11.9. The molecule has 3 aliphatic rings. The molecule has 1 aromatic rings. The van der Waals surface area contributed by atoms with Crippen LogP contribution in [0.5, 0.6) is 0 Å². The Morgan fingerprint density at radius 3 is 1.58 bits per heavy atom. The van der Waals surface area contributed by atoms with E-state index in [1.165, 1.54) is 18.4 Å². The zero-order chi connectivity index (χ0) is 13.2. The highest BCUT2D eigenvalue weighted by Crippen LogP contribution is 2.52. The molecule has 0 bridgehead atoms. The molecule has 4 rings (SSSR count). The molecule has 3 nitrogen and oxygen atoms in total. The third-order valence-corrected chi connectivity index (χ3v) is 5.50. The van der Waals surface area contributed by atoms with Crippen LogP contribution in [0.15, 0.2) is 17.0 Å². The van der Waals surface area contributed by atoms with Gasteiger partial charge in [0.1, 0.15) is 4.90 Å². The van der Waals surface area contributed by atoms with E-state index in [4.69, 9.17) is 0 Å². The summed E-state index contributed by atoms with van der Waals surface area (Å²) in [6.07, 6.45) is 6.67. The fourth-order valence-corrected chi connectivity index (χ4v) is 4.09. The predicted octanol–water partition coefficient (Wildman–Crippen LogP) is 3.57. The van der Waals surface area contributed by atoms with Crippen molar-refractivity contribution in [1.82, 2.24) is 0 Å². The van der Waals surface area contributed by atoms with Gasteiger partial charge in [0.05, 0.1) is 0 Å². The minimum absolute atomic E-state index is 0.252. The molecule has 1 N–H and O–H groups in total. The van der Waals surface area contributed by atoms with Crippen LogP contribution in [0.25, 0.3) is 0 Å². The molecule has 0 heterocycles. The first-order valence-electron chi connectivity index (χ1n) is 7.19. The molecule has 4 heteroatoms. The van der Waals surface area contributed by atoms with Crippen LogP contribution in [-0.2, 0) is 10.1 Å². The second-order valence-electron chi connectivity index (χ2n) is 6.33. The van der Waals surface area contributed by atoms with Gasteiger partial charge in [0.25, 0.3) is 10.1 Å². The molecular formula is C15H18O3S. The van der Waals surface area contributed by atoms with E-state index in [2.05, 4.69) is 12.1 Å². The third-order valence-electron chi connectivity index (χ3n) is 4.51. The van der Waals surface area contributed by atoms with Crippen LogP contribution in [0.4, 0.5) is 0 Å². The lowest BCUT2D eigenvalue weighted by Crippen LogP contribution is -2.08. The molecule has 3 aliphatic carbocycles. The molecule has 0 saturated heterocycles. The first-order chi connectivity index (χ1) is 9.04. The molecule has 3 fully saturated rings. The standard InChI is InChI=1S/C15H18O3S/c16-19(17,18)15-13(10-3-4-10)7-12(9-1-2-9)8-14(15)11-5-6-11/h7-11H,1-6H2,(H,16,17,18). The lowest BCUT2D eigenvalue weighted by atomic mass is 9.97. The Morgan fingerprint density at radius 1 is 0.842 bits per heavy atom. The van der Waals surface area contributed by atoms with Crippen LogP contribution in [0.1, 0.15) is 73.0 Å². The van der Waals surface area contributed by atoms with Crippen molar-refractivity contribution >= 4 is 10.1 Å². The summed E-state index contributed by atoms with van der Waals surface area (Å²) in [7, 11) is -4.10. The van der Waals surface area contributed by atoms with Gasteiger partial charge in [-0.25, -0.2) is 0 Å². The van der Waals surface area contributed by atoms with Gasteiger partial charge in [-0.05, 0) is 73.0 Å². The topological polar surface area (TPSA) is 54.4 Å². The summed E-state index contributed by atoms with van der Waals surface area (Å²) in [6.45, 7) is 0. The molecule has 0 amide bonds. The van der Waals surface area contributed by atoms with E-state index in [-0.39, 0.29) is 4.90 Å². The third kappa shape index (κ3) is 2.21. The Labute approximate surface area is 113 Å². The largest absolute Gasteiger partial charge is 0.295 e. The number of hydrogen-bond donors (Lipinski definition) is 1. The van der Waals surface area contributed by atoms with E-state index in [1.807, 2.05) is 0 Å². The van der Waals surface area contributed by atoms with Crippen molar-refractivity contribution in [2.75, 3.05) is 0 Å². The minimum Gasteiger partial charge on any atom is -0.282 e. The summed E-state index contributed by atoms with van der Waals surface area (Å²) in [4.78, 5) is 0.252. The van der Waals surface area contributed by atoms with Crippen LogP contribution in [0.3, 0.4) is 0 Å². The average Bonchev–Trinajstić information content (AvgIpc) is 3.25. The van der Waals surface area contributed by atoms with E-state index in [0.29, 0.717) is 17.8 Å². The van der Waals surface area contributed by atoms with Gasteiger partial charge in [-0.15, -0.1) is 0 Å². The van der Waals surface area contributed by atoms with Crippen LogP contribution < -0.4 is 0 Å². The molecule has 0 aromatic heterocycles. The summed E-state index contributed by atoms with van der Waals surface area (Å²) in [5.41, 5.74) is 3.10. The van der Waals surface area contributed by atoms with E-state index < -0.39 is 10.1 Å². The van der Waals surface area contributed by atoms with Crippen molar-refractivity contribution in [3.63, 3.8) is 0 Å². The van der Waals surface area contributed by atoms with Gasteiger partial charge in [0.15, 0.2) is 0 Å². The molecule has 0 atom stereocenters. The van der Waals surface area contributed by atoms with Gasteiger partial charge in [0, 0.05) is 0 Å². The Bertz CT molecular complexity index is 602. The van der Waals surface area contributed by atoms with E-state index in [0.717, 1.165) is 36.8 Å². The molecule has 19 heavy (non-hydrogen) atoms. The Morgan fingerprint density at radius 2 is 1.26 bits per heavy atom. The molecule has 0 unspecified atom stereocenters. The lowest BCUT2D eigenvalue weighted by molar-refractivity contribution is 0.480. The van der Waals surface area contributed by atoms with Crippen LogP contribution in [-0.4, -0.2) is 13.0 Å². The second kappa shape index (κ2) is 3.83. The maximum atomic E-state index is 11.8. The highest BCUT2D eigenvalue weighted by molar-refractivity contribution is 7.86. The monoisotopic (exact) mass is 278 g/mol. The molecule has 3 saturated carbocycles. The summed E-state index contributed by atoms with van der Waals surface area (Å²) in [5, 5.41) is 0. The SMILES string of the molecule is O=S(=O)(O)c1c(C2CC2)cc(C2CC2)cc1C1CC1. The van der Waals surface area contributed by atoms with Crippen molar-refractivity contribution in [3.05, 3.63) is 28.8 Å². The predicted molar refractivity (Wildman–Crippen MR) is 72.2 cm³/mol. The molecule has 102 valence electrons. The molecular weight excluding hydrogens is 260 g/mol. The average molecular weight is 278 g/mol. The van der Waals surface area contributed by atoms with Crippen LogP contribution in [0.2, 0.25) is 0 Å². The van der Waals surface area contributed by atoms with Crippen molar-refractivity contribution in [1.29, 1.82) is 0 Å². The van der Waals surface area contributed by atoms with E-state index in [1.54, 1.807) is 0 Å². The number of hydrogen-bond acceptors (Lipinski definition) is 2. The van der Waals surface area contributed by atoms with Gasteiger partial charge in [0.2, 0.25) is 0 Å². The quantitative estimate of drug-likeness (QED) is 0.857. The summed E-state index contributed by atoms with van der Waals surface area (Å²) in [5.74, 6) is 1.34. The smallest absolute Gasteiger partial charge is 0.282 e. The zero-order valence-corrected chi connectivity index (χ0v) is 11.6. The number of benzene rings is 1. The van der Waals surface area contributed by atoms with E-state index >= 15 is 0 Å². The van der Waals surface area contributed by atoms with Gasteiger partial charge < -0.3 is 0 Å². The van der Waals surface area contributed by atoms with Crippen molar-refractivity contribution in [2.24, 2.45) is 0 Å². The fourth-order valence-electron chi connectivity index (χ4n) is 3.04. The highest BCUT2D eigenvalue weighted by Gasteiger charge is 2.38. The second-order valence-corrected chi connectivity index (χ2v) is 7.68. The number of rotatable bonds is 4. The maximum absolute atomic E-state index is 11.8. The summed E-state index contributed by atoms with van der Waals surface area (Å²) >= 11 is 0. The van der Waals surface area contributed by atoms with Crippen LogP contribution >= 0.6 is 0 Å². The normalized spacial score (nSPS) is 23.6.